The summed E-state index contributed by atoms with van der Waals surface area (Å²) in [5.74, 6) is 0. The summed E-state index contributed by atoms with van der Waals surface area (Å²) < 4.78 is 2.91. The predicted octanol–water partition coefficient (Wildman–Crippen LogP) is 2.43. The Kier molecular flexibility index (Phi) is 2.23. The van der Waals surface area contributed by atoms with E-state index < -0.39 is 0 Å². The van der Waals surface area contributed by atoms with Crippen molar-refractivity contribution >= 4 is 17.5 Å². The zero-order valence-electron chi connectivity index (χ0n) is 5.07. The van der Waals surface area contributed by atoms with Gasteiger partial charge in [0.25, 0.3) is 0 Å². The minimum atomic E-state index is 0.349. The molecule has 52 valence electrons. The number of rotatable bonds is 1. The first-order valence-electron chi connectivity index (χ1n) is 2.69. The van der Waals surface area contributed by atoms with Gasteiger partial charge in [-0.25, -0.2) is 0 Å². The molecule has 0 spiro atoms. The number of halogens is 1. The molecule has 0 aliphatic heterocycles. The van der Waals surface area contributed by atoms with E-state index >= 15 is 0 Å². The van der Waals surface area contributed by atoms with Gasteiger partial charge in [0, 0.05) is 12.1 Å². The SMILES string of the molecule is [O-][N+](=NCl)c1ccccc1. The summed E-state index contributed by atoms with van der Waals surface area (Å²) in [6.07, 6.45) is 0. The molecule has 0 aromatic heterocycles. The van der Waals surface area contributed by atoms with Crippen molar-refractivity contribution in [2.45, 2.75) is 0 Å². The minimum absolute atomic E-state index is 0.349. The standard InChI is InChI=1S/C6H5ClN2O/c7-8-9(10)6-4-2-1-3-5-6/h1-5H. The van der Waals surface area contributed by atoms with Gasteiger partial charge in [0.05, 0.1) is 4.63 Å². The third kappa shape index (κ3) is 1.45. The summed E-state index contributed by atoms with van der Waals surface area (Å²) in [4.78, 5) is 0.349. The number of para-hydroxylation sites is 1. The first-order chi connectivity index (χ1) is 4.84. The highest BCUT2D eigenvalue weighted by atomic mass is 35.5. The second-order valence-electron chi connectivity index (χ2n) is 1.68. The molecule has 1 aromatic rings. The third-order valence-corrected chi connectivity index (χ3v) is 1.18. The molecule has 0 heterocycles. The van der Waals surface area contributed by atoms with E-state index in [1.807, 2.05) is 6.07 Å². The molecule has 0 aliphatic rings. The molecule has 3 nitrogen and oxygen atoms in total. The molecule has 0 N–H and O–H groups in total. The zero-order valence-corrected chi connectivity index (χ0v) is 5.82. The van der Waals surface area contributed by atoms with Crippen LogP contribution in [-0.4, -0.2) is 4.86 Å². The summed E-state index contributed by atoms with van der Waals surface area (Å²) in [5.41, 5.74) is 0.428. The van der Waals surface area contributed by atoms with Gasteiger partial charge in [0.1, 0.15) is 11.8 Å². The van der Waals surface area contributed by atoms with Gasteiger partial charge in [0.2, 0.25) is 5.69 Å². The maximum Gasteiger partial charge on any atom is 0.246 e. The fourth-order valence-electron chi connectivity index (χ4n) is 0.599. The Balaban J connectivity index is 2.96. The third-order valence-electron chi connectivity index (χ3n) is 1.05. The lowest BCUT2D eigenvalue weighted by Gasteiger charge is -1.93. The Morgan fingerprint density at radius 3 is 2.40 bits per heavy atom. The smallest absolute Gasteiger partial charge is 0.246 e. The van der Waals surface area contributed by atoms with E-state index in [0.717, 1.165) is 0 Å². The summed E-state index contributed by atoms with van der Waals surface area (Å²) in [6, 6.07) is 8.54. The van der Waals surface area contributed by atoms with Crippen molar-refractivity contribution in [2.75, 3.05) is 0 Å². The fraction of sp³-hybridized carbons (Fsp3) is 0. The van der Waals surface area contributed by atoms with Crippen LogP contribution in [0.3, 0.4) is 0 Å². The Morgan fingerprint density at radius 2 is 1.90 bits per heavy atom. The van der Waals surface area contributed by atoms with Gasteiger partial charge in [-0.3, -0.25) is 0 Å². The highest BCUT2D eigenvalue weighted by Crippen LogP contribution is 2.09. The van der Waals surface area contributed by atoms with E-state index in [1.54, 1.807) is 24.3 Å². The number of hydrogen-bond acceptors (Lipinski definition) is 2. The number of hydrogen-bond donors (Lipinski definition) is 0. The van der Waals surface area contributed by atoms with Crippen molar-refractivity contribution in [1.82, 2.24) is 0 Å². The maximum atomic E-state index is 10.6. The lowest BCUT2D eigenvalue weighted by molar-refractivity contribution is -0.430. The second kappa shape index (κ2) is 3.17. The van der Waals surface area contributed by atoms with Crippen molar-refractivity contribution in [3.8, 4) is 0 Å². The molecular weight excluding hydrogens is 152 g/mol. The Morgan fingerprint density at radius 1 is 1.30 bits per heavy atom. The molecule has 4 heteroatoms. The van der Waals surface area contributed by atoms with Crippen LogP contribution in [-0.2, 0) is 0 Å². The van der Waals surface area contributed by atoms with Gasteiger partial charge in [-0.15, -0.1) is 0 Å². The molecule has 0 unspecified atom stereocenters. The molecule has 0 fully saturated rings. The van der Waals surface area contributed by atoms with E-state index in [0.29, 0.717) is 10.5 Å². The van der Waals surface area contributed by atoms with E-state index in [1.165, 1.54) is 0 Å². The quantitative estimate of drug-likeness (QED) is 0.350. The first-order valence-corrected chi connectivity index (χ1v) is 3.02. The molecule has 10 heavy (non-hydrogen) atoms. The van der Waals surface area contributed by atoms with Crippen LogP contribution in [0.5, 0.6) is 0 Å². The van der Waals surface area contributed by atoms with Crippen molar-refractivity contribution in [1.29, 1.82) is 0 Å². The second-order valence-corrected chi connectivity index (χ2v) is 1.84. The molecule has 0 radical (unpaired) electrons. The molecule has 1 aromatic carbocycles. The van der Waals surface area contributed by atoms with Gasteiger partial charge < -0.3 is 5.21 Å². The Bertz CT molecular complexity index is 235. The Labute approximate surface area is 63.3 Å². The molecular formula is C6H5ClN2O. The molecule has 1 rings (SSSR count). The molecule has 0 aliphatic carbocycles. The van der Waals surface area contributed by atoms with Crippen molar-refractivity contribution in [2.24, 2.45) is 4.63 Å². The van der Waals surface area contributed by atoms with Gasteiger partial charge in [0.15, 0.2) is 0 Å². The highest BCUT2D eigenvalue weighted by molar-refractivity contribution is 6.13. The van der Waals surface area contributed by atoms with Crippen molar-refractivity contribution in [3.63, 3.8) is 0 Å². The molecule has 0 amide bonds. The van der Waals surface area contributed by atoms with Gasteiger partial charge in [-0.05, 0) is 4.86 Å². The first kappa shape index (κ1) is 7.02. The summed E-state index contributed by atoms with van der Waals surface area (Å²) in [7, 11) is 0. The Hall–Kier alpha value is -1.09. The molecule has 0 bridgehead atoms. The highest BCUT2D eigenvalue weighted by Gasteiger charge is 1.97. The summed E-state index contributed by atoms with van der Waals surface area (Å²) >= 11 is 4.92. The minimum Gasteiger partial charge on any atom is -0.593 e. The van der Waals surface area contributed by atoms with Crippen LogP contribution in [0.15, 0.2) is 35.0 Å². The lowest BCUT2D eigenvalue weighted by Crippen LogP contribution is -1.86. The summed E-state index contributed by atoms with van der Waals surface area (Å²) in [6.45, 7) is 0. The van der Waals surface area contributed by atoms with Gasteiger partial charge in [-0.1, -0.05) is 18.2 Å². The topological polar surface area (TPSA) is 38.4 Å². The lowest BCUT2D eigenvalue weighted by atomic mass is 10.3. The van der Waals surface area contributed by atoms with Crippen molar-refractivity contribution < 1.29 is 4.86 Å². The van der Waals surface area contributed by atoms with Crippen LogP contribution in [0.1, 0.15) is 0 Å². The average molecular weight is 157 g/mol. The van der Waals surface area contributed by atoms with Crippen LogP contribution in [0, 0.1) is 5.21 Å². The predicted molar refractivity (Wildman–Crippen MR) is 38.0 cm³/mol. The normalized spacial score (nSPS) is 11.5. The molecule has 0 saturated heterocycles. The van der Waals surface area contributed by atoms with Crippen LogP contribution in [0.2, 0.25) is 0 Å². The van der Waals surface area contributed by atoms with Gasteiger partial charge >= 0.3 is 0 Å². The van der Waals surface area contributed by atoms with Crippen molar-refractivity contribution in [3.05, 3.63) is 35.5 Å². The van der Waals surface area contributed by atoms with Gasteiger partial charge in [-0.2, -0.15) is 0 Å². The zero-order chi connectivity index (χ0) is 7.40. The van der Waals surface area contributed by atoms with E-state index in [-0.39, 0.29) is 0 Å². The molecule has 0 saturated carbocycles. The van der Waals surface area contributed by atoms with Crippen LogP contribution >= 0.6 is 11.8 Å². The van der Waals surface area contributed by atoms with E-state index in [4.69, 9.17) is 11.8 Å². The largest absolute Gasteiger partial charge is 0.593 e. The van der Waals surface area contributed by atoms with E-state index in [9.17, 15) is 5.21 Å². The van der Waals surface area contributed by atoms with Crippen LogP contribution < -0.4 is 0 Å². The average Bonchev–Trinajstić information content (AvgIpc) is 2.05. The summed E-state index contributed by atoms with van der Waals surface area (Å²) in [5, 5.41) is 10.6. The molecule has 0 atom stereocenters. The van der Waals surface area contributed by atoms with Crippen LogP contribution in [0.25, 0.3) is 0 Å². The fourth-order valence-corrected chi connectivity index (χ4v) is 0.686. The van der Waals surface area contributed by atoms with Crippen LogP contribution in [0.4, 0.5) is 5.69 Å². The monoisotopic (exact) mass is 156 g/mol. The van der Waals surface area contributed by atoms with E-state index in [2.05, 4.69) is 4.63 Å². The maximum absolute atomic E-state index is 10.6. The number of nitrogens with zero attached hydrogens (tertiary/aromatic N) is 2. The number of benzene rings is 1.